The van der Waals surface area contributed by atoms with Gasteiger partial charge in [-0.3, -0.25) is 0 Å². The summed E-state index contributed by atoms with van der Waals surface area (Å²) in [6, 6.07) is 18.5. The molecule has 0 aliphatic heterocycles. The smallest absolute Gasteiger partial charge is 0.120 e. The molecular weight excluding hydrogens is 248 g/mol. The second-order valence-corrected chi connectivity index (χ2v) is 4.64. The highest BCUT2D eigenvalue weighted by Crippen LogP contribution is 2.15. The van der Waals surface area contributed by atoms with Gasteiger partial charge in [0.25, 0.3) is 0 Å². The molecule has 0 aliphatic carbocycles. The van der Waals surface area contributed by atoms with Crippen LogP contribution in [0.5, 0.6) is 5.75 Å². The van der Waals surface area contributed by atoms with Crippen LogP contribution < -0.4 is 15.4 Å². The summed E-state index contributed by atoms with van der Waals surface area (Å²) in [5.74, 6) is 0.882. The molecule has 0 spiro atoms. The van der Waals surface area contributed by atoms with Crippen molar-refractivity contribution in [1.29, 1.82) is 0 Å². The summed E-state index contributed by atoms with van der Waals surface area (Å²) >= 11 is 0. The number of rotatable bonds is 8. The van der Waals surface area contributed by atoms with E-state index in [0.717, 1.165) is 37.5 Å². The Morgan fingerprint density at radius 3 is 2.55 bits per heavy atom. The normalized spacial score (nSPS) is 10.2. The third-order valence-electron chi connectivity index (χ3n) is 3.13. The van der Waals surface area contributed by atoms with E-state index in [-0.39, 0.29) is 0 Å². The van der Waals surface area contributed by atoms with Crippen LogP contribution in [0.4, 0.5) is 5.69 Å². The van der Waals surface area contributed by atoms with Gasteiger partial charge in [-0.05, 0) is 30.7 Å². The highest BCUT2D eigenvalue weighted by Gasteiger charge is 1.95. The Morgan fingerprint density at radius 2 is 1.75 bits per heavy atom. The number of methoxy groups -OCH3 is 1. The van der Waals surface area contributed by atoms with Crippen molar-refractivity contribution in [3.05, 3.63) is 60.2 Å². The summed E-state index contributed by atoms with van der Waals surface area (Å²) in [7, 11) is 1.68. The number of ether oxygens (including phenoxy) is 1. The number of anilines is 1. The van der Waals surface area contributed by atoms with Crippen molar-refractivity contribution in [2.75, 3.05) is 32.1 Å². The van der Waals surface area contributed by atoms with Gasteiger partial charge in [0, 0.05) is 24.8 Å². The van der Waals surface area contributed by atoms with Gasteiger partial charge in [-0.25, -0.2) is 0 Å². The van der Waals surface area contributed by atoms with Crippen molar-refractivity contribution in [1.82, 2.24) is 5.32 Å². The Balaban J connectivity index is 1.59. The summed E-state index contributed by atoms with van der Waals surface area (Å²) in [5.41, 5.74) is 2.47. The van der Waals surface area contributed by atoms with Gasteiger partial charge in [-0.2, -0.15) is 0 Å². The molecule has 0 radical (unpaired) electrons. The molecule has 106 valence electrons. The lowest BCUT2D eigenvalue weighted by Gasteiger charge is -2.09. The topological polar surface area (TPSA) is 33.3 Å². The maximum absolute atomic E-state index is 5.19. The van der Waals surface area contributed by atoms with E-state index in [2.05, 4.69) is 41.0 Å². The Hall–Kier alpha value is -2.00. The van der Waals surface area contributed by atoms with Gasteiger partial charge in [0.1, 0.15) is 5.75 Å². The Labute approximate surface area is 121 Å². The van der Waals surface area contributed by atoms with Crippen LogP contribution in [0.1, 0.15) is 5.56 Å². The average Bonchev–Trinajstić information content (AvgIpc) is 2.52. The van der Waals surface area contributed by atoms with Gasteiger partial charge < -0.3 is 15.4 Å². The number of hydrogen-bond donors (Lipinski definition) is 2. The number of benzene rings is 2. The fourth-order valence-electron chi connectivity index (χ4n) is 2.03. The second-order valence-electron chi connectivity index (χ2n) is 4.64. The maximum Gasteiger partial charge on any atom is 0.120 e. The zero-order valence-electron chi connectivity index (χ0n) is 11.9. The minimum atomic E-state index is 0.882. The fourth-order valence-corrected chi connectivity index (χ4v) is 2.03. The summed E-state index contributed by atoms with van der Waals surface area (Å²) < 4.78 is 5.19. The second kappa shape index (κ2) is 8.23. The van der Waals surface area contributed by atoms with Crippen molar-refractivity contribution in [2.24, 2.45) is 0 Å². The molecule has 0 heterocycles. The van der Waals surface area contributed by atoms with Crippen LogP contribution in [-0.4, -0.2) is 26.7 Å². The van der Waals surface area contributed by atoms with E-state index in [9.17, 15) is 0 Å². The largest absolute Gasteiger partial charge is 0.497 e. The van der Waals surface area contributed by atoms with E-state index in [1.54, 1.807) is 7.11 Å². The number of hydrogen-bond acceptors (Lipinski definition) is 3. The van der Waals surface area contributed by atoms with Gasteiger partial charge >= 0.3 is 0 Å². The van der Waals surface area contributed by atoms with E-state index in [1.165, 1.54) is 5.56 Å². The van der Waals surface area contributed by atoms with E-state index in [4.69, 9.17) is 4.74 Å². The molecule has 0 saturated heterocycles. The van der Waals surface area contributed by atoms with Gasteiger partial charge in [-0.15, -0.1) is 0 Å². The minimum Gasteiger partial charge on any atom is -0.497 e. The van der Waals surface area contributed by atoms with Gasteiger partial charge in [0.15, 0.2) is 0 Å². The molecule has 3 heteroatoms. The van der Waals surface area contributed by atoms with Gasteiger partial charge in [-0.1, -0.05) is 36.4 Å². The highest BCUT2D eigenvalue weighted by atomic mass is 16.5. The van der Waals surface area contributed by atoms with Crippen molar-refractivity contribution in [2.45, 2.75) is 6.42 Å². The Morgan fingerprint density at radius 1 is 0.900 bits per heavy atom. The van der Waals surface area contributed by atoms with Crippen molar-refractivity contribution < 1.29 is 4.74 Å². The standard InChI is InChI=1S/C17H22N2O/c1-20-17-9-5-8-16(14-17)19-13-12-18-11-10-15-6-3-2-4-7-15/h2-9,14,18-19H,10-13H2,1H3. The fraction of sp³-hybridized carbons (Fsp3) is 0.294. The lowest BCUT2D eigenvalue weighted by molar-refractivity contribution is 0.415. The summed E-state index contributed by atoms with van der Waals surface area (Å²) in [5, 5.41) is 6.81. The monoisotopic (exact) mass is 270 g/mol. The molecular formula is C17H22N2O. The lowest BCUT2D eigenvalue weighted by Crippen LogP contribution is -2.24. The third-order valence-corrected chi connectivity index (χ3v) is 3.13. The van der Waals surface area contributed by atoms with E-state index in [1.807, 2.05) is 24.3 Å². The molecule has 0 bridgehead atoms. The van der Waals surface area contributed by atoms with Gasteiger partial charge in [0.2, 0.25) is 0 Å². The number of nitrogens with one attached hydrogen (secondary N) is 2. The Bertz CT molecular complexity index is 499. The lowest BCUT2D eigenvalue weighted by atomic mass is 10.1. The van der Waals surface area contributed by atoms with Crippen LogP contribution in [0, 0.1) is 0 Å². The molecule has 2 N–H and O–H groups in total. The minimum absolute atomic E-state index is 0.882. The van der Waals surface area contributed by atoms with E-state index in [0.29, 0.717) is 0 Å². The molecule has 0 fully saturated rings. The molecule has 3 nitrogen and oxygen atoms in total. The van der Waals surface area contributed by atoms with Crippen LogP contribution in [0.15, 0.2) is 54.6 Å². The van der Waals surface area contributed by atoms with E-state index >= 15 is 0 Å². The SMILES string of the molecule is COc1cccc(NCCNCCc2ccccc2)c1. The molecule has 0 amide bonds. The first-order valence-electron chi connectivity index (χ1n) is 7.01. The molecule has 2 aromatic rings. The zero-order valence-corrected chi connectivity index (χ0v) is 11.9. The predicted molar refractivity (Wildman–Crippen MR) is 84.5 cm³/mol. The average molecular weight is 270 g/mol. The van der Waals surface area contributed by atoms with Crippen LogP contribution >= 0.6 is 0 Å². The van der Waals surface area contributed by atoms with Crippen molar-refractivity contribution in [3.8, 4) is 5.75 Å². The molecule has 2 rings (SSSR count). The molecule has 0 aromatic heterocycles. The molecule has 0 aliphatic rings. The van der Waals surface area contributed by atoms with Crippen LogP contribution in [0.2, 0.25) is 0 Å². The highest BCUT2D eigenvalue weighted by molar-refractivity contribution is 5.48. The first-order chi connectivity index (χ1) is 9.88. The maximum atomic E-state index is 5.19. The van der Waals surface area contributed by atoms with Crippen LogP contribution in [-0.2, 0) is 6.42 Å². The molecule has 0 unspecified atom stereocenters. The van der Waals surface area contributed by atoms with Crippen molar-refractivity contribution in [3.63, 3.8) is 0 Å². The van der Waals surface area contributed by atoms with Crippen molar-refractivity contribution >= 4 is 5.69 Å². The quantitative estimate of drug-likeness (QED) is 0.724. The third kappa shape index (κ3) is 4.94. The molecule has 0 saturated carbocycles. The molecule has 2 aromatic carbocycles. The zero-order chi connectivity index (χ0) is 14.0. The first-order valence-corrected chi connectivity index (χ1v) is 7.01. The molecule has 20 heavy (non-hydrogen) atoms. The Kier molecular flexibility index (Phi) is 5.93. The van der Waals surface area contributed by atoms with E-state index < -0.39 is 0 Å². The van der Waals surface area contributed by atoms with Crippen LogP contribution in [0.25, 0.3) is 0 Å². The summed E-state index contributed by atoms with van der Waals surface area (Å²) in [4.78, 5) is 0. The first kappa shape index (κ1) is 14.4. The molecule has 0 atom stereocenters. The van der Waals surface area contributed by atoms with Gasteiger partial charge in [0.05, 0.1) is 7.11 Å². The summed E-state index contributed by atoms with van der Waals surface area (Å²) in [6.45, 7) is 2.86. The summed E-state index contributed by atoms with van der Waals surface area (Å²) in [6.07, 6.45) is 1.07. The predicted octanol–water partition coefficient (Wildman–Crippen LogP) is 2.94. The van der Waals surface area contributed by atoms with Crippen LogP contribution in [0.3, 0.4) is 0 Å².